The molecule has 0 spiro atoms. The van der Waals surface area contributed by atoms with Crippen molar-refractivity contribution in [2.45, 2.75) is 0 Å². The van der Waals surface area contributed by atoms with E-state index in [2.05, 4.69) is 15.8 Å². The molecule has 0 fully saturated rings. The number of primary amides is 1. The lowest BCUT2D eigenvalue weighted by atomic mass is 10.2. The minimum absolute atomic E-state index is 0.210. The van der Waals surface area contributed by atoms with Gasteiger partial charge >= 0.3 is 0 Å². The average Bonchev–Trinajstić information content (AvgIpc) is 2.71. The highest BCUT2D eigenvalue weighted by Gasteiger charge is 2.07. The molecule has 2 aromatic carbocycles. The van der Waals surface area contributed by atoms with Crippen molar-refractivity contribution >= 4 is 35.5 Å². The third-order valence-electron chi connectivity index (χ3n) is 3.31. The molecule has 0 unspecified atom stereocenters. The molecular weight excluding hydrogens is 400 g/mol. The van der Waals surface area contributed by atoms with E-state index in [-0.39, 0.29) is 19.8 Å². The van der Waals surface area contributed by atoms with Crippen LogP contribution >= 0.6 is 11.6 Å². The first-order chi connectivity index (χ1) is 13.9. The summed E-state index contributed by atoms with van der Waals surface area (Å²) in [5, 5.41) is 6.58. The van der Waals surface area contributed by atoms with Gasteiger partial charge in [0.15, 0.2) is 13.2 Å². The summed E-state index contributed by atoms with van der Waals surface area (Å²) in [5.41, 5.74) is 7.97. The van der Waals surface area contributed by atoms with E-state index in [4.69, 9.17) is 26.8 Å². The summed E-state index contributed by atoms with van der Waals surface area (Å²) in [5.74, 6) is -0.693. The van der Waals surface area contributed by atoms with E-state index in [0.29, 0.717) is 22.1 Å². The van der Waals surface area contributed by atoms with Crippen LogP contribution in [0.25, 0.3) is 0 Å². The van der Waals surface area contributed by atoms with E-state index in [1.165, 1.54) is 6.21 Å². The molecule has 4 N–H and O–H groups in total. The van der Waals surface area contributed by atoms with E-state index >= 15 is 0 Å². The Balaban J connectivity index is 1.67. The largest absolute Gasteiger partial charge is 0.484 e. The average molecular weight is 419 g/mol. The van der Waals surface area contributed by atoms with Crippen LogP contribution in [-0.2, 0) is 14.4 Å². The van der Waals surface area contributed by atoms with Gasteiger partial charge in [-0.05, 0) is 42.0 Å². The molecule has 3 amide bonds. The van der Waals surface area contributed by atoms with Gasteiger partial charge in [0.1, 0.15) is 11.5 Å². The normalized spacial score (nSPS) is 10.4. The third-order valence-corrected chi connectivity index (χ3v) is 3.62. The molecule has 0 atom stereocenters. The second-order valence-corrected chi connectivity index (χ2v) is 6.02. The highest BCUT2D eigenvalue weighted by molar-refractivity contribution is 6.32. The van der Waals surface area contributed by atoms with Crippen LogP contribution in [0.5, 0.6) is 11.5 Å². The van der Waals surface area contributed by atoms with Crippen molar-refractivity contribution in [3.05, 3.63) is 59.1 Å². The van der Waals surface area contributed by atoms with Gasteiger partial charge in [0, 0.05) is 0 Å². The predicted octanol–water partition coefficient (Wildman–Crippen LogP) is 0.849. The number of benzene rings is 2. The van der Waals surface area contributed by atoms with Gasteiger partial charge < -0.3 is 20.5 Å². The Morgan fingerprint density at radius 3 is 2.41 bits per heavy atom. The summed E-state index contributed by atoms with van der Waals surface area (Å²) in [6.45, 7) is -0.745. The smallest absolute Gasteiger partial charge is 0.259 e. The van der Waals surface area contributed by atoms with Crippen LogP contribution in [0, 0.1) is 0 Å². The van der Waals surface area contributed by atoms with Gasteiger partial charge in [-0.1, -0.05) is 23.7 Å². The number of hydrogen-bond donors (Lipinski definition) is 3. The molecule has 2 rings (SSSR count). The monoisotopic (exact) mass is 418 g/mol. The molecule has 9 nitrogen and oxygen atoms in total. The molecular formula is C19H19ClN4O5. The quantitative estimate of drug-likeness (QED) is 0.388. The van der Waals surface area contributed by atoms with Crippen molar-refractivity contribution in [3.8, 4) is 11.5 Å². The van der Waals surface area contributed by atoms with E-state index in [1.807, 2.05) is 0 Å². The second kappa shape index (κ2) is 11.3. The zero-order valence-electron chi connectivity index (χ0n) is 15.3. The van der Waals surface area contributed by atoms with Crippen LogP contribution < -0.4 is 25.9 Å². The van der Waals surface area contributed by atoms with Gasteiger partial charge in [0.25, 0.3) is 17.7 Å². The fourth-order valence-electron chi connectivity index (χ4n) is 1.96. The zero-order chi connectivity index (χ0) is 21.1. The molecule has 0 aliphatic carbocycles. The molecule has 0 heterocycles. The van der Waals surface area contributed by atoms with Gasteiger partial charge in [-0.25, -0.2) is 5.43 Å². The predicted molar refractivity (Wildman–Crippen MR) is 107 cm³/mol. The standard InChI is InChI=1S/C19H19ClN4O5/c20-15-3-1-2-4-16(15)29-12-19(27)22-10-18(26)24-23-9-13-5-7-14(8-6-13)28-11-17(21)25/h1-9H,10-12H2,(H2,21,25)(H,22,27)(H,24,26). The highest BCUT2D eigenvalue weighted by atomic mass is 35.5. The fourth-order valence-corrected chi connectivity index (χ4v) is 2.15. The van der Waals surface area contributed by atoms with Crippen LogP contribution in [0.2, 0.25) is 5.02 Å². The highest BCUT2D eigenvalue weighted by Crippen LogP contribution is 2.22. The molecule has 0 saturated heterocycles. The van der Waals surface area contributed by atoms with Crippen LogP contribution in [-0.4, -0.2) is 43.7 Å². The number of halogens is 1. The van der Waals surface area contributed by atoms with Gasteiger partial charge in [-0.3, -0.25) is 14.4 Å². The number of hydrazone groups is 1. The number of nitrogens with one attached hydrogen (secondary N) is 2. The summed E-state index contributed by atoms with van der Waals surface area (Å²) >= 11 is 5.92. The van der Waals surface area contributed by atoms with Crippen molar-refractivity contribution in [3.63, 3.8) is 0 Å². The van der Waals surface area contributed by atoms with Crippen LogP contribution in [0.3, 0.4) is 0 Å². The first kappa shape index (κ1) is 21.7. The van der Waals surface area contributed by atoms with E-state index in [9.17, 15) is 14.4 Å². The maximum absolute atomic E-state index is 11.7. The molecule has 10 heteroatoms. The Labute approximate surface area is 171 Å². The Bertz CT molecular complexity index is 886. The number of para-hydroxylation sites is 1. The molecule has 0 bridgehead atoms. The van der Waals surface area contributed by atoms with Crippen LogP contribution in [0.15, 0.2) is 53.6 Å². The Kier molecular flexibility index (Phi) is 8.46. The minimum atomic E-state index is -0.569. The number of rotatable bonds is 10. The molecule has 0 aromatic heterocycles. The molecule has 0 aliphatic heterocycles. The van der Waals surface area contributed by atoms with E-state index in [1.54, 1.807) is 48.5 Å². The lowest BCUT2D eigenvalue weighted by molar-refractivity contribution is -0.127. The number of carbonyl (C=O) groups excluding carboxylic acids is 3. The Morgan fingerprint density at radius 2 is 1.72 bits per heavy atom. The molecule has 0 radical (unpaired) electrons. The summed E-state index contributed by atoms with van der Waals surface area (Å²) in [6.07, 6.45) is 1.41. The van der Waals surface area contributed by atoms with Crippen molar-refractivity contribution in [1.82, 2.24) is 10.7 Å². The lowest BCUT2D eigenvalue weighted by Gasteiger charge is -2.08. The maximum atomic E-state index is 11.7. The Hall–Kier alpha value is -3.59. The minimum Gasteiger partial charge on any atom is -0.484 e. The molecule has 0 saturated carbocycles. The summed E-state index contributed by atoms with van der Waals surface area (Å²) < 4.78 is 10.4. The summed E-state index contributed by atoms with van der Waals surface area (Å²) in [6, 6.07) is 13.4. The first-order valence-electron chi connectivity index (χ1n) is 8.41. The molecule has 2 aromatic rings. The third kappa shape index (κ3) is 8.31. The van der Waals surface area contributed by atoms with Crippen molar-refractivity contribution in [2.75, 3.05) is 19.8 Å². The Morgan fingerprint density at radius 1 is 1.00 bits per heavy atom. The first-order valence-corrected chi connectivity index (χ1v) is 8.79. The number of nitrogens with two attached hydrogens (primary N) is 1. The van der Waals surface area contributed by atoms with Crippen molar-refractivity contribution < 1.29 is 23.9 Å². The summed E-state index contributed by atoms with van der Waals surface area (Å²) in [4.78, 5) is 34.1. The van der Waals surface area contributed by atoms with Crippen LogP contribution in [0.1, 0.15) is 5.56 Å². The lowest BCUT2D eigenvalue weighted by Crippen LogP contribution is -2.37. The molecule has 152 valence electrons. The van der Waals surface area contributed by atoms with E-state index < -0.39 is 17.7 Å². The van der Waals surface area contributed by atoms with Crippen molar-refractivity contribution in [1.29, 1.82) is 0 Å². The van der Waals surface area contributed by atoms with Gasteiger partial charge in [0.2, 0.25) is 0 Å². The number of ether oxygens (including phenoxy) is 2. The van der Waals surface area contributed by atoms with Crippen molar-refractivity contribution in [2.24, 2.45) is 10.8 Å². The number of carbonyl (C=O) groups is 3. The topological polar surface area (TPSA) is 132 Å². The van der Waals surface area contributed by atoms with E-state index in [0.717, 1.165) is 0 Å². The SMILES string of the molecule is NC(=O)COc1ccc(C=NNC(=O)CNC(=O)COc2ccccc2Cl)cc1. The fraction of sp³-hybridized carbons (Fsp3) is 0.158. The number of hydrogen-bond acceptors (Lipinski definition) is 6. The summed E-state index contributed by atoms with van der Waals surface area (Å²) in [7, 11) is 0. The van der Waals surface area contributed by atoms with Crippen LogP contribution in [0.4, 0.5) is 0 Å². The zero-order valence-corrected chi connectivity index (χ0v) is 16.0. The van der Waals surface area contributed by atoms with Gasteiger partial charge in [0.05, 0.1) is 17.8 Å². The second-order valence-electron chi connectivity index (χ2n) is 5.61. The molecule has 29 heavy (non-hydrogen) atoms. The molecule has 0 aliphatic rings. The maximum Gasteiger partial charge on any atom is 0.259 e. The number of amides is 3. The number of nitrogens with zero attached hydrogens (tertiary/aromatic N) is 1. The van der Waals surface area contributed by atoms with Gasteiger partial charge in [-0.2, -0.15) is 5.10 Å². The van der Waals surface area contributed by atoms with Gasteiger partial charge in [-0.15, -0.1) is 0 Å².